The first kappa shape index (κ1) is 16.4. The third kappa shape index (κ3) is 4.49. The van der Waals surface area contributed by atoms with Gasteiger partial charge in [-0.1, -0.05) is 20.8 Å². The lowest BCUT2D eigenvalue weighted by Gasteiger charge is -2.22. The van der Waals surface area contributed by atoms with E-state index in [4.69, 9.17) is 0 Å². The number of hydrogen-bond donors (Lipinski definition) is 2. The average molecular weight is 279 g/mol. The minimum Gasteiger partial charge on any atom is -0.478 e. The van der Waals surface area contributed by atoms with Crippen molar-refractivity contribution in [3.63, 3.8) is 0 Å². The van der Waals surface area contributed by atoms with Crippen molar-refractivity contribution in [2.24, 2.45) is 0 Å². The number of carboxylic acids is 1. The van der Waals surface area contributed by atoms with Crippen LogP contribution in [0.3, 0.4) is 0 Å². The molecule has 1 aromatic heterocycles. The SMILES string of the molecule is CC(CNc1cc(C(=O)O)cc(C(C)(C)C)n1)N(C)C. The summed E-state index contributed by atoms with van der Waals surface area (Å²) in [5.74, 6) is -0.315. The fourth-order valence-electron chi connectivity index (χ4n) is 1.56. The first-order chi connectivity index (χ1) is 9.11. The molecule has 0 aliphatic heterocycles. The van der Waals surface area contributed by atoms with Crippen LogP contribution in [0.4, 0.5) is 5.82 Å². The maximum absolute atomic E-state index is 11.2. The predicted octanol–water partition coefficient (Wildman–Crippen LogP) is 2.44. The molecular weight excluding hydrogens is 254 g/mol. The van der Waals surface area contributed by atoms with Gasteiger partial charge >= 0.3 is 5.97 Å². The van der Waals surface area contributed by atoms with Crippen molar-refractivity contribution in [1.29, 1.82) is 0 Å². The van der Waals surface area contributed by atoms with Gasteiger partial charge in [0.15, 0.2) is 0 Å². The number of nitrogens with zero attached hydrogens (tertiary/aromatic N) is 2. The third-order valence-corrected chi connectivity index (χ3v) is 3.30. The zero-order chi connectivity index (χ0) is 15.5. The molecule has 0 bridgehead atoms. The van der Waals surface area contributed by atoms with E-state index in [1.807, 2.05) is 34.9 Å². The standard InChI is InChI=1S/C15H25N3O2/c1-10(18(5)6)9-16-13-8-11(14(19)20)7-12(17-13)15(2,3)4/h7-8,10H,9H2,1-6H3,(H,16,17)(H,19,20). The molecule has 0 fully saturated rings. The molecule has 2 N–H and O–H groups in total. The molecule has 0 saturated carbocycles. The molecule has 112 valence electrons. The summed E-state index contributed by atoms with van der Waals surface area (Å²) in [4.78, 5) is 17.8. The first-order valence-electron chi connectivity index (χ1n) is 6.77. The quantitative estimate of drug-likeness (QED) is 0.866. The number of rotatable bonds is 5. The second-order valence-electron chi connectivity index (χ2n) is 6.37. The second kappa shape index (κ2) is 6.22. The summed E-state index contributed by atoms with van der Waals surface area (Å²) in [7, 11) is 4.02. The lowest BCUT2D eigenvalue weighted by Crippen LogP contribution is -2.32. The summed E-state index contributed by atoms with van der Waals surface area (Å²) in [5, 5.41) is 12.4. The van der Waals surface area contributed by atoms with E-state index >= 15 is 0 Å². The highest BCUT2D eigenvalue weighted by Crippen LogP contribution is 2.23. The number of likely N-dealkylation sites (N-methyl/N-ethyl adjacent to an activating group) is 1. The largest absolute Gasteiger partial charge is 0.478 e. The minimum atomic E-state index is -0.929. The molecule has 1 unspecified atom stereocenters. The normalized spacial score (nSPS) is 13.3. The van der Waals surface area contributed by atoms with Crippen molar-refractivity contribution in [2.75, 3.05) is 26.0 Å². The zero-order valence-corrected chi connectivity index (χ0v) is 13.2. The Morgan fingerprint density at radius 1 is 1.40 bits per heavy atom. The molecule has 0 aliphatic carbocycles. The summed E-state index contributed by atoms with van der Waals surface area (Å²) in [6.07, 6.45) is 0. The Hall–Kier alpha value is -1.62. The maximum Gasteiger partial charge on any atom is 0.335 e. The molecule has 0 aliphatic rings. The van der Waals surface area contributed by atoms with Gasteiger partial charge in [0.05, 0.1) is 5.56 Å². The molecule has 5 nitrogen and oxygen atoms in total. The van der Waals surface area contributed by atoms with E-state index in [0.717, 1.165) is 5.69 Å². The summed E-state index contributed by atoms with van der Waals surface area (Å²) in [5.41, 5.74) is 0.858. The van der Waals surface area contributed by atoms with Gasteiger partial charge in [0.2, 0.25) is 0 Å². The Morgan fingerprint density at radius 2 is 2.00 bits per heavy atom. The number of aromatic carboxylic acids is 1. The summed E-state index contributed by atoms with van der Waals surface area (Å²) < 4.78 is 0. The fraction of sp³-hybridized carbons (Fsp3) is 0.600. The summed E-state index contributed by atoms with van der Waals surface area (Å²) in [6, 6.07) is 3.56. The van der Waals surface area contributed by atoms with Crippen molar-refractivity contribution in [2.45, 2.75) is 39.2 Å². The zero-order valence-electron chi connectivity index (χ0n) is 13.2. The van der Waals surface area contributed by atoms with Crippen LogP contribution in [0, 0.1) is 0 Å². The van der Waals surface area contributed by atoms with Crippen LogP contribution in [-0.2, 0) is 5.41 Å². The highest BCUT2D eigenvalue weighted by atomic mass is 16.4. The van der Waals surface area contributed by atoms with Crippen LogP contribution in [0.25, 0.3) is 0 Å². The number of pyridine rings is 1. The van der Waals surface area contributed by atoms with E-state index in [2.05, 4.69) is 22.1 Å². The van der Waals surface area contributed by atoms with E-state index in [0.29, 0.717) is 18.4 Å². The fourth-order valence-corrected chi connectivity index (χ4v) is 1.56. The molecule has 20 heavy (non-hydrogen) atoms. The molecule has 1 heterocycles. The average Bonchev–Trinajstić information content (AvgIpc) is 2.34. The third-order valence-electron chi connectivity index (χ3n) is 3.30. The van der Waals surface area contributed by atoms with Crippen LogP contribution in [-0.4, -0.2) is 47.6 Å². The molecule has 0 aromatic carbocycles. The van der Waals surface area contributed by atoms with E-state index in [1.54, 1.807) is 12.1 Å². The molecule has 0 spiro atoms. The molecule has 0 amide bonds. The van der Waals surface area contributed by atoms with Crippen molar-refractivity contribution in [3.05, 3.63) is 23.4 Å². The van der Waals surface area contributed by atoms with Crippen LogP contribution in [0.15, 0.2) is 12.1 Å². The van der Waals surface area contributed by atoms with Crippen molar-refractivity contribution >= 4 is 11.8 Å². The van der Waals surface area contributed by atoms with E-state index in [9.17, 15) is 9.90 Å². The highest BCUT2D eigenvalue weighted by Gasteiger charge is 2.19. The Morgan fingerprint density at radius 3 is 2.45 bits per heavy atom. The van der Waals surface area contributed by atoms with Crippen LogP contribution in [0.1, 0.15) is 43.7 Å². The number of carbonyl (C=O) groups is 1. The molecule has 5 heteroatoms. The predicted molar refractivity (Wildman–Crippen MR) is 81.5 cm³/mol. The number of anilines is 1. The van der Waals surface area contributed by atoms with Crippen LogP contribution < -0.4 is 5.32 Å². The van der Waals surface area contributed by atoms with Gasteiger partial charge in [-0.3, -0.25) is 0 Å². The first-order valence-corrected chi connectivity index (χ1v) is 6.77. The topological polar surface area (TPSA) is 65.5 Å². The molecule has 1 rings (SSSR count). The van der Waals surface area contributed by atoms with Crippen LogP contribution in [0.2, 0.25) is 0 Å². The molecule has 1 aromatic rings. The minimum absolute atomic E-state index is 0.185. The number of hydrogen-bond acceptors (Lipinski definition) is 4. The number of carboxylic acid groups (broad SMARTS) is 1. The van der Waals surface area contributed by atoms with Gasteiger partial charge in [-0.05, 0) is 33.2 Å². The van der Waals surface area contributed by atoms with Gasteiger partial charge in [-0.2, -0.15) is 0 Å². The maximum atomic E-state index is 11.2. The van der Waals surface area contributed by atoms with Gasteiger partial charge in [0.25, 0.3) is 0 Å². The monoisotopic (exact) mass is 279 g/mol. The number of nitrogens with one attached hydrogen (secondary N) is 1. The lowest BCUT2D eigenvalue weighted by molar-refractivity contribution is 0.0696. The lowest BCUT2D eigenvalue weighted by atomic mass is 9.91. The molecule has 0 radical (unpaired) electrons. The van der Waals surface area contributed by atoms with E-state index in [-0.39, 0.29) is 11.0 Å². The van der Waals surface area contributed by atoms with Gasteiger partial charge in [-0.15, -0.1) is 0 Å². The van der Waals surface area contributed by atoms with Gasteiger partial charge in [0, 0.05) is 23.7 Å². The highest BCUT2D eigenvalue weighted by molar-refractivity contribution is 5.88. The van der Waals surface area contributed by atoms with Crippen LogP contribution >= 0.6 is 0 Å². The van der Waals surface area contributed by atoms with Gasteiger partial charge < -0.3 is 15.3 Å². The van der Waals surface area contributed by atoms with Gasteiger partial charge in [0.1, 0.15) is 5.82 Å². The number of aromatic nitrogens is 1. The molecule has 1 atom stereocenters. The second-order valence-corrected chi connectivity index (χ2v) is 6.37. The van der Waals surface area contributed by atoms with Crippen LogP contribution in [0.5, 0.6) is 0 Å². The Kier molecular flexibility index (Phi) is 5.11. The smallest absolute Gasteiger partial charge is 0.335 e. The van der Waals surface area contributed by atoms with E-state index in [1.165, 1.54) is 0 Å². The van der Waals surface area contributed by atoms with Gasteiger partial charge in [-0.25, -0.2) is 9.78 Å². The van der Waals surface area contributed by atoms with Crippen molar-refractivity contribution in [1.82, 2.24) is 9.88 Å². The van der Waals surface area contributed by atoms with Crippen molar-refractivity contribution in [3.8, 4) is 0 Å². The summed E-state index contributed by atoms with van der Waals surface area (Å²) >= 11 is 0. The van der Waals surface area contributed by atoms with Crippen molar-refractivity contribution < 1.29 is 9.90 Å². The van der Waals surface area contributed by atoms with E-state index < -0.39 is 5.97 Å². The Balaban J connectivity index is 3.01. The Labute approximate surface area is 121 Å². The Bertz CT molecular complexity index is 478. The summed E-state index contributed by atoms with van der Waals surface area (Å²) in [6.45, 7) is 8.87. The molecule has 0 saturated heterocycles. The molecular formula is C15H25N3O2.